The molecule has 0 saturated heterocycles. The molecule has 1 unspecified atom stereocenters. The van der Waals surface area contributed by atoms with E-state index in [1.54, 1.807) is 0 Å². The lowest BCUT2D eigenvalue weighted by Crippen LogP contribution is -2.55. The lowest BCUT2D eigenvalue weighted by molar-refractivity contribution is -0.137. The second kappa shape index (κ2) is 2.74. The summed E-state index contributed by atoms with van der Waals surface area (Å²) in [6.07, 6.45) is 3.03. The van der Waals surface area contributed by atoms with Crippen molar-refractivity contribution in [3.05, 3.63) is 0 Å². The third-order valence-corrected chi connectivity index (χ3v) is 5.27. The monoisotopic (exact) mass is 180 g/mol. The summed E-state index contributed by atoms with van der Waals surface area (Å²) < 4.78 is 0. The van der Waals surface area contributed by atoms with Gasteiger partial charge >= 0.3 is 0 Å². The van der Waals surface area contributed by atoms with E-state index in [0.29, 0.717) is 5.41 Å². The van der Waals surface area contributed by atoms with Gasteiger partial charge in [0.1, 0.15) is 0 Å². The fourth-order valence-corrected chi connectivity index (χ4v) is 4.07. The van der Waals surface area contributed by atoms with Crippen LogP contribution in [0.25, 0.3) is 0 Å². The third kappa shape index (κ3) is 1.17. The van der Waals surface area contributed by atoms with Crippen molar-refractivity contribution in [1.29, 1.82) is 0 Å². The molecule has 0 amide bonds. The maximum absolute atomic E-state index is 2.49. The molecular formula is C13H24. The van der Waals surface area contributed by atoms with E-state index >= 15 is 0 Å². The van der Waals surface area contributed by atoms with Crippen molar-refractivity contribution < 1.29 is 0 Å². The first-order valence-electron chi connectivity index (χ1n) is 5.94. The van der Waals surface area contributed by atoms with Gasteiger partial charge in [0.15, 0.2) is 0 Å². The van der Waals surface area contributed by atoms with Crippen LogP contribution in [-0.4, -0.2) is 0 Å². The largest absolute Gasteiger partial charge is 0.0625 e. The zero-order chi connectivity index (χ0) is 9.80. The van der Waals surface area contributed by atoms with Crippen molar-refractivity contribution >= 4 is 0 Å². The molecule has 2 bridgehead atoms. The number of rotatable bonds is 1. The fraction of sp³-hybridized carbons (Fsp3) is 1.00. The van der Waals surface area contributed by atoms with Crippen LogP contribution in [0.5, 0.6) is 0 Å². The summed E-state index contributed by atoms with van der Waals surface area (Å²) in [4.78, 5) is 0. The first kappa shape index (κ1) is 9.55. The quantitative estimate of drug-likeness (QED) is 0.573. The summed E-state index contributed by atoms with van der Waals surface area (Å²) in [6.45, 7) is 12.3. The smallest absolute Gasteiger partial charge is 0.0295 e. The molecule has 0 radical (unpaired) electrons. The molecule has 0 spiro atoms. The molecule has 0 aromatic rings. The van der Waals surface area contributed by atoms with Crippen molar-refractivity contribution in [2.24, 2.45) is 35.0 Å². The molecule has 0 aliphatic heterocycles. The van der Waals surface area contributed by atoms with Gasteiger partial charge in [0.05, 0.1) is 0 Å². The Hall–Kier alpha value is 0. The van der Waals surface area contributed by atoms with Crippen LogP contribution in [0.15, 0.2) is 0 Å². The molecule has 3 saturated carbocycles. The Kier molecular flexibility index (Phi) is 2.02. The molecule has 0 aromatic heterocycles. The van der Waals surface area contributed by atoms with Gasteiger partial charge in [0, 0.05) is 0 Å². The summed E-state index contributed by atoms with van der Waals surface area (Å²) in [5.74, 6) is 4.95. The molecular weight excluding hydrogens is 156 g/mol. The minimum atomic E-state index is 0.671. The predicted molar refractivity (Wildman–Crippen MR) is 57.5 cm³/mol. The van der Waals surface area contributed by atoms with E-state index in [1.807, 2.05) is 0 Å². The molecule has 13 heavy (non-hydrogen) atoms. The SMILES string of the molecule is CC(C)[C@@H]1C[C@@H]2CC([C@H]1C)C2(C)C. The molecule has 3 fully saturated rings. The standard InChI is InChI=1S/C13H24/c1-8(2)11-6-10-7-12(9(11)3)13(10,4)5/h8-12H,6-7H2,1-5H3/t9-,10+,11-,12?/m0/s1. The van der Waals surface area contributed by atoms with Crippen LogP contribution in [0.4, 0.5) is 0 Å². The summed E-state index contributed by atoms with van der Waals surface area (Å²) in [5.41, 5.74) is 0.671. The Morgan fingerprint density at radius 1 is 1.15 bits per heavy atom. The average molecular weight is 180 g/mol. The molecule has 3 rings (SSSR count). The lowest BCUT2D eigenvalue weighted by atomic mass is 9.42. The van der Waals surface area contributed by atoms with Crippen molar-refractivity contribution in [2.75, 3.05) is 0 Å². The maximum atomic E-state index is 2.49. The first-order valence-corrected chi connectivity index (χ1v) is 5.94. The second-order valence-corrected chi connectivity index (χ2v) is 6.36. The van der Waals surface area contributed by atoms with Gasteiger partial charge in [-0.3, -0.25) is 0 Å². The van der Waals surface area contributed by atoms with Crippen LogP contribution in [0.2, 0.25) is 0 Å². The number of hydrogen-bond acceptors (Lipinski definition) is 0. The minimum Gasteiger partial charge on any atom is -0.0625 e. The predicted octanol–water partition coefficient (Wildman–Crippen LogP) is 3.96. The van der Waals surface area contributed by atoms with Gasteiger partial charge in [0.2, 0.25) is 0 Å². The Balaban J connectivity index is 2.12. The highest BCUT2D eigenvalue weighted by atomic mass is 14.6. The van der Waals surface area contributed by atoms with Crippen LogP contribution >= 0.6 is 0 Å². The molecule has 3 aliphatic carbocycles. The van der Waals surface area contributed by atoms with Crippen LogP contribution < -0.4 is 0 Å². The molecule has 0 aromatic carbocycles. The zero-order valence-electron chi connectivity index (χ0n) is 9.80. The van der Waals surface area contributed by atoms with Gasteiger partial charge in [-0.25, -0.2) is 0 Å². The number of hydrogen-bond donors (Lipinski definition) is 0. The van der Waals surface area contributed by atoms with E-state index in [0.717, 1.165) is 29.6 Å². The molecule has 0 nitrogen and oxygen atoms in total. The van der Waals surface area contributed by atoms with Crippen LogP contribution in [0, 0.1) is 35.0 Å². The molecule has 0 N–H and O–H groups in total. The topological polar surface area (TPSA) is 0 Å². The highest BCUT2D eigenvalue weighted by molar-refractivity contribution is 5.05. The van der Waals surface area contributed by atoms with E-state index in [4.69, 9.17) is 0 Å². The third-order valence-electron chi connectivity index (χ3n) is 5.27. The van der Waals surface area contributed by atoms with Crippen LogP contribution in [-0.2, 0) is 0 Å². The molecule has 4 atom stereocenters. The molecule has 0 heterocycles. The van der Waals surface area contributed by atoms with Crippen LogP contribution in [0.3, 0.4) is 0 Å². The Bertz CT molecular complexity index is 200. The summed E-state index contributed by atoms with van der Waals surface area (Å²) in [7, 11) is 0. The van der Waals surface area contributed by atoms with Gasteiger partial charge in [-0.05, 0) is 47.8 Å². The van der Waals surface area contributed by atoms with E-state index in [1.165, 1.54) is 12.8 Å². The Morgan fingerprint density at radius 2 is 1.77 bits per heavy atom. The lowest BCUT2D eigenvalue weighted by Gasteiger charge is -2.63. The van der Waals surface area contributed by atoms with Gasteiger partial charge in [-0.1, -0.05) is 34.6 Å². The van der Waals surface area contributed by atoms with Crippen molar-refractivity contribution in [3.8, 4) is 0 Å². The van der Waals surface area contributed by atoms with Crippen molar-refractivity contribution in [3.63, 3.8) is 0 Å². The van der Waals surface area contributed by atoms with Crippen LogP contribution in [0.1, 0.15) is 47.5 Å². The van der Waals surface area contributed by atoms with E-state index < -0.39 is 0 Å². The molecule has 76 valence electrons. The number of fused-ring (bicyclic) bond motifs is 2. The van der Waals surface area contributed by atoms with Crippen molar-refractivity contribution in [1.82, 2.24) is 0 Å². The normalized spacial score (nSPS) is 47.5. The van der Waals surface area contributed by atoms with Gasteiger partial charge in [0.25, 0.3) is 0 Å². The highest BCUT2D eigenvalue weighted by Crippen LogP contribution is 2.63. The summed E-state index contributed by atoms with van der Waals surface area (Å²) >= 11 is 0. The van der Waals surface area contributed by atoms with Gasteiger partial charge in [-0.15, -0.1) is 0 Å². The minimum absolute atomic E-state index is 0.671. The summed E-state index contributed by atoms with van der Waals surface area (Å²) in [6, 6.07) is 0. The van der Waals surface area contributed by atoms with E-state index in [-0.39, 0.29) is 0 Å². The van der Waals surface area contributed by atoms with Gasteiger partial charge in [-0.2, -0.15) is 0 Å². The maximum Gasteiger partial charge on any atom is -0.0295 e. The van der Waals surface area contributed by atoms with E-state index in [9.17, 15) is 0 Å². The molecule has 0 heteroatoms. The van der Waals surface area contributed by atoms with Crippen molar-refractivity contribution in [2.45, 2.75) is 47.5 Å². The molecule has 3 aliphatic rings. The summed E-state index contributed by atoms with van der Waals surface area (Å²) in [5, 5.41) is 0. The van der Waals surface area contributed by atoms with E-state index in [2.05, 4.69) is 34.6 Å². The Morgan fingerprint density at radius 3 is 2.15 bits per heavy atom. The fourth-order valence-electron chi connectivity index (χ4n) is 4.07. The Labute approximate surface area is 83.1 Å². The highest BCUT2D eigenvalue weighted by Gasteiger charge is 2.56. The second-order valence-electron chi connectivity index (χ2n) is 6.36. The first-order chi connectivity index (χ1) is 5.94. The van der Waals surface area contributed by atoms with Gasteiger partial charge < -0.3 is 0 Å². The zero-order valence-corrected chi connectivity index (χ0v) is 9.80. The average Bonchev–Trinajstić information content (AvgIpc) is 2.02.